The Morgan fingerprint density at radius 2 is 2.12 bits per heavy atom. The molecule has 0 aromatic carbocycles. The van der Waals surface area contributed by atoms with E-state index >= 15 is 0 Å². The molecule has 0 aliphatic carbocycles. The molecule has 1 saturated heterocycles. The lowest BCUT2D eigenvalue weighted by Crippen LogP contribution is -2.33. The fraction of sp³-hybridized carbons (Fsp3) is 0.909. The minimum absolute atomic E-state index is 0.0579. The van der Waals surface area contributed by atoms with Crippen molar-refractivity contribution in [3.05, 3.63) is 0 Å². The van der Waals surface area contributed by atoms with Gasteiger partial charge in [-0.05, 0) is 19.3 Å². The number of methoxy groups -OCH3 is 2. The molecule has 1 amide bonds. The molecule has 0 radical (unpaired) electrons. The van der Waals surface area contributed by atoms with Crippen molar-refractivity contribution in [3.63, 3.8) is 0 Å². The molecule has 1 aliphatic rings. The average molecular weight is 231 g/mol. The van der Waals surface area contributed by atoms with Crippen molar-refractivity contribution in [2.45, 2.75) is 44.6 Å². The highest BCUT2D eigenvalue weighted by Crippen LogP contribution is 2.17. The molecule has 1 atom stereocenters. The number of likely N-dealkylation sites (tertiary alicyclic amines) is 1. The van der Waals surface area contributed by atoms with E-state index in [1.807, 2.05) is 0 Å². The van der Waals surface area contributed by atoms with E-state index in [9.17, 15) is 9.90 Å². The zero-order chi connectivity index (χ0) is 12.0. The van der Waals surface area contributed by atoms with Crippen molar-refractivity contribution in [1.29, 1.82) is 0 Å². The number of carbonyl (C=O) groups is 1. The van der Waals surface area contributed by atoms with Crippen LogP contribution in [-0.4, -0.2) is 49.2 Å². The second-order valence-electron chi connectivity index (χ2n) is 4.00. The summed E-state index contributed by atoms with van der Waals surface area (Å²) in [6, 6.07) is 0. The Labute approximate surface area is 96.3 Å². The van der Waals surface area contributed by atoms with Crippen LogP contribution < -0.4 is 0 Å². The topological polar surface area (TPSA) is 59.0 Å². The predicted molar refractivity (Wildman–Crippen MR) is 58.6 cm³/mol. The second-order valence-corrected chi connectivity index (χ2v) is 4.00. The van der Waals surface area contributed by atoms with E-state index in [2.05, 4.69) is 0 Å². The van der Waals surface area contributed by atoms with Gasteiger partial charge in [-0.15, -0.1) is 0 Å². The fourth-order valence-electron chi connectivity index (χ4n) is 1.92. The molecule has 16 heavy (non-hydrogen) atoms. The van der Waals surface area contributed by atoms with Gasteiger partial charge in [0, 0.05) is 33.6 Å². The summed E-state index contributed by atoms with van der Waals surface area (Å²) in [4.78, 5) is 12.9. The van der Waals surface area contributed by atoms with Crippen molar-refractivity contribution in [3.8, 4) is 0 Å². The summed E-state index contributed by atoms with van der Waals surface area (Å²) in [5, 5.41) is 9.52. The van der Waals surface area contributed by atoms with Crippen LogP contribution in [0.3, 0.4) is 0 Å². The normalized spacial score (nSPS) is 21.1. The number of hydrogen-bond donors (Lipinski definition) is 1. The van der Waals surface area contributed by atoms with Gasteiger partial charge in [-0.3, -0.25) is 4.79 Å². The zero-order valence-electron chi connectivity index (χ0n) is 10.0. The number of aliphatic hydroxyl groups excluding tert-OH is 1. The van der Waals surface area contributed by atoms with Crippen LogP contribution in [0.2, 0.25) is 0 Å². The van der Waals surface area contributed by atoms with E-state index < -0.39 is 6.23 Å². The molecule has 1 N–H and O–H groups in total. The van der Waals surface area contributed by atoms with E-state index in [-0.39, 0.29) is 12.2 Å². The number of nitrogens with zero attached hydrogens (tertiary/aromatic N) is 1. The van der Waals surface area contributed by atoms with Crippen LogP contribution in [-0.2, 0) is 14.3 Å². The molecule has 5 nitrogen and oxygen atoms in total. The van der Waals surface area contributed by atoms with Gasteiger partial charge in [0.2, 0.25) is 5.91 Å². The lowest BCUT2D eigenvalue weighted by Gasteiger charge is -2.20. The van der Waals surface area contributed by atoms with Gasteiger partial charge in [-0.2, -0.15) is 0 Å². The van der Waals surface area contributed by atoms with Gasteiger partial charge in [0.1, 0.15) is 6.23 Å². The van der Waals surface area contributed by atoms with Gasteiger partial charge >= 0.3 is 0 Å². The minimum Gasteiger partial charge on any atom is -0.374 e. The van der Waals surface area contributed by atoms with Gasteiger partial charge in [0.05, 0.1) is 0 Å². The SMILES string of the molecule is COC(CCCCN1C(=O)CCC1O)OC. The molecule has 1 heterocycles. The molecule has 94 valence electrons. The lowest BCUT2D eigenvalue weighted by atomic mass is 10.2. The molecule has 0 bridgehead atoms. The third-order valence-corrected chi connectivity index (χ3v) is 2.91. The fourth-order valence-corrected chi connectivity index (χ4v) is 1.92. The Balaban J connectivity index is 2.13. The molecule has 0 spiro atoms. The monoisotopic (exact) mass is 231 g/mol. The van der Waals surface area contributed by atoms with Crippen molar-refractivity contribution in [2.75, 3.05) is 20.8 Å². The van der Waals surface area contributed by atoms with Crippen molar-refractivity contribution in [2.24, 2.45) is 0 Å². The molecule has 0 aromatic rings. The maximum Gasteiger partial charge on any atom is 0.224 e. The van der Waals surface area contributed by atoms with Crippen molar-refractivity contribution >= 4 is 5.91 Å². The molecule has 1 fully saturated rings. The van der Waals surface area contributed by atoms with Crippen LogP contribution in [0, 0.1) is 0 Å². The van der Waals surface area contributed by atoms with Crippen LogP contribution >= 0.6 is 0 Å². The number of aliphatic hydroxyl groups is 1. The molecule has 0 aromatic heterocycles. The highest BCUT2D eigenvalue weighted by atomic mass is 16.7. The van der Waals surface area contributed by atoms with Gasteiger partial charge in [0.25, 0.3) is 0 Å². The predicted octanol–water partition coefficient (Wildman–Crippen LogP) is 0.716. The molecular formula is C11H21NO4. The standard InChI is InChI=1S/C11H21NO4/c1-15-11(16-2)5-3-4-8-12-9(13)6-7-10(12)14/h9,11,13H,3-8H2,1-2H3. The van der Waals surface area contributed by atoms with E-state index in [0.717, 1.165) is 19.3 Å². The van der Waals surface area contributed by atoms with Crippen LogP contribution in [0.1, 0.15) is 32.1 Å². The molecule has 1 unspecified atom stereocenters. The summed E-state index contributed by atoms with van der Waals surface area (Å²) < 4.78 is 10.1. The third kappa shape index (κ3) is 3.73. The molecular weight excluding hydrogens is 210 g/mol. The van der Waals surface area contributed by atoms with Gasteiger partial charge in [-0.25, -0.2) is 0 Å². The minimum atomic E-state index is -0.576. The van der Waals surface area contributed by atoms with Crippen LogP contribution in [0.5, 0.6) is 0 Å². The van der Waals surface area contributed by atoms with Crippen LogP contribution in [0.25, 0.3) is 0 Å². The zero-order valence-corrected chi connectivity index (χ0v) is 10.0. The summed E-state index contributed by atoms with van der Waals surface area (Å²) >= 11 is 0. The average Bonchev–Trinajstić information content (AvgIpc) is 2.60. The number of amides is 1. The van der Waals surface area contributed by atoms with E-state index in [1.54, 1.807) is 19.1 Å². The summed E-state index contributed by atoms with van der Waals surface area (Å²) in [5.41, 5.74) is 0. The Bertz CT molecular complexity index is 218. The third-order valence-electron chi connectivity index (χ3n) is 2.91. The van der Waals surface area contributed by atoms with Gasteiger partial charge in [-0.1, -0.05) is 0 Å². The first kappa shape index (κ1) is 13.4. The Hall–Kier alpha value is -0.650. The maximum atomic E-state index is 11.3. The van der Waals surface area contributed by atoms with Crippen molar-refractivity contribution in [1.82, 2.24) is 4.90 Å². The largest absolute Gasteiger partial charge is 0.374 e. The number of carbonyl (C=O) groups excluding carboxylic acids is 1. The van der Waals surface area contributed by atoms with E-state index in [4.69, 9.17) is 9.47 Å². The number of hydrogen-bond acceptors (Lipinski definition) is 4. The highest BCUT2D eigenvalue weighted by molar-refractivity contribution is 5.78. The Kier molecular flexibility index (Phi) is 5.73. The number of unbranched alkanes of at least 4 members (excludes halogenated alkanes) is 1. The Morgan fingerprint density at radius 3 is 2.62 bits per heavy atom. The lowest BCUT2D eigenvalue weighted by molar-refractivity contribution is -0.133. The maximum absolute atomic E-state index is 11.3. The smallest absolute Gasteiger partial charge is 0.224 e. The van der Waals surface area contributed by atoms with Gasteiger partial charge < -0.3 is 19.5 Å². The first-order valence-electron chi connectivity index (χ1n) is 5.72. The Morgan fingerprint density at radius 1 is 1.44 bits per heavy atom. The van der Waals surface area contributed by atoms with E-state index in [0.29, 0.717) is 19.4 Å². The van der Waals surface area contributed by atoms with Crippen molar-refractivity contribution < 1.29 is 19.4 Å². The summed E-state index contributed by atoms with van der Waals surface area (Å²) in [6.45, 7) is 0.625. The quantitative estimate of drug-likeness (QED) is 0.518. The summed E-state index contributed by atoms with van der Waals surface area (Å²) in [6.07, 6.45) is 2.89. The molecule has 5 heteroatoms. The number of ether oxygens (including phenoxy) is 2. The highest BCUT2D eigenvalue weighted by Gasteiger charge is 2.28. The number of rotatable bonds is 7. The molecule has 1 rings (SSSR count). The van der Waals surface area contributed by atoms with Gasteiger partial charge in [0.15, 0.2) is 6.29 Å². The van der Waals surface area contributed by atoms with Crippen LogP contribution in [0.4, 0.5) is 0 Å². The van der Waals surface area contributed by atoms with E-state index in [1.165, 1.54) is 0 Å². The summed E-state index contributed by atoms with van der Waals surface area (Å²) in [7, 11) is 3.23. The summed E-state index contributed by atoms with van der Waals surface area (Å²) in [5.74, 6) is 0.0579. The molecule has 0 saturated carbocycles. The van der Waals surface area contributed by atoms with Crippen LogP contribution in [0.15, 0.2) is 0 Å². The second kappa shape index (κ2) is 6.83. The molecule has 1 aliphatic heterocycles. The first-order valence-corrected chi connectivity index (χ1v) is 5.72. The first-order chi connectivity index (χ1) is 7.69.